The van der Waals surface area contributed by atoms with E-state index in [2.05, 4.69) is 0 Å². The summed E-state index contributed by atoms with van der Waals surface area (Å²) >= 11 is 11.7. The monoisotopic (exact) mass is 359 g/mol. The summed E-state index contributed by atoms with van der Waals surface area (Å²) in [7, 11) is -4.05. The van der Waals surface area contributed by atoms with Crippen molar-refractivity contribution in [3.05, 3.63) is 58.6 Å². The van der Waals surface area contributed by atoms with E-state index in [0.717, 1.165) is 4.31 Å². The van der Waals surface area contributed by atoms with Gasteiger partial charge in [0.1, 0.15) is 6.54 Å². The number of anilines is 1. The van der Waals surface area contributed by atoms with E-state index in [0.29, 0.717) is 0 Å². The summed E-state index contributed by atoms with van der Waals surface area (Å²) in [6.07, 6.45) is 0. The van der Waals surface area contributed by atoms with Crippen molar-refractivity contribution in [2.24, 2.45) is 0 Å². The predicted octanol–water partition coefficient (Wildman–Crippen LogP) is 3.27. The van der Waals surface area contributed by atoms with E-state index >= 15 is 0 Å². The Labute approximate surface area is 137 Å². The predicted molar refractivity (Wildman–Crippen MR) is 85.1 cm³/mol. The number of carbonyl (C=O) groups is 1. The number of hydrogen-bond donors (Lipinski definition) is 1. The van der Waals surface area contributed by atoms with Crippen molar-refractivity contribution in [1.29, 1.82) is 0 Å². The normalized spacial score (nSPS) is 11.2. The fraction of sp³-hybridized carbons (Fsp3) is 0.0714. The SMILES string of the molecule is O=C(O)CN(c1cc(Cl)cc(Cl)c1)S(=O)(=O)c1ccccc1. The second kappa shape index (κ2) is 6.56. The molecule has 0 fully saturated rings. The highest BCUT2D eigenvalue weighted by molar-refractivity contribution is 7.92. The van der Waals surface area contributed by atoms with Crippen LogP contribution < -0.4 is 4.31 Å². The Kier molecular flexibility index (Phi) is 4.95. The van der Waals surface area contributed by atoms with Gasteiger partial charge in [-0.3, -0.25) is 9.10 Å². The lowest BCUT2D eigenvalue weighted by Gasteiger charge is -2.23. The zero-order chi connectivity index (χ0) is 16.3. The number of carboxylic acid groups (broad SMARTS) is 1. The highest BCUT2D eigenvalue weighted by atomic mass is 35.5. The summed E-state index contributed by atoms with van der Waals surface area (Å²) in [5.74, 6) is -1.30. The lowest BCUT2D eigenvalue weighted by molar-refractivity contribution is -0.135. The number of benzene rings is 2. The molecule has 0 aliphatic carbocycles. The molecular weight excluding hydrogens is 349 g/mol. The molecule has 22 heavy (non-hydrogen) atoms. The summed E-state index contributed by atoms with van der Waals surface area (Å²) in [6, 6.07) is 11.7. The van der Waals surface area contributed by atoms with Crippen LogP contribution in [0.25, 0.3) is 0 Å². The first-order valence-electron chi connectivity index (χ1n) is 6.06. The third-order valence-electron chi connectivity index (χ3n) is 2.75. The molecule has 0 unspecified atom stereocenters. The minimum absolute atomic E-state index is 0.0210. The van der Waals surface area contributed by atoms with Gasteiger partial charge in [-0.25, -0.2) is 8.42 Å². The quantitative estimate of drug-likeness (QED) is 0.888. The van der Waals surface area contributed by atoms with Gasteiger partial charge in [0.25, 0.3) is 10.0 Å². The van der Waals surface area contributed by atoms with Crippen LogP contribution in [0.3, 0.4) is 0 Å². The van der Waals surface area contributed by atoms with Crippen LogP contribution in [-0.2, 0) is 14.8 Å². The summed E-state index contributed by atoms with van der Waals surface area (Å²) in [5, 5.41) is 9.44. The number of sulfonamides is 1. The molecule has 116 valence electrons. The summed E-state index contributed by atoms with van der Waals surface area (Å²) in [4.78, 5) is 11.0. The van der Waals surface area contributed by atoms with Crippen molar-refractivity contribution < 1.29 is 18.3 Å². The maximum atomic E-state index is 12.7. The molecule has 0 aliphatic rings. The standard InChI is InChI=1S/C14H11Cl2NO4S/c15-10-6-11(16)8-12(7-10)17(9-14(18)19)22(20,21)13-4-2-1-3-5-13/h1-8H,9H2,(H,18,19). The number of aliphatic carboxylic acids is 1. The minimum atomic E-state index is -4.05. The van der Waals surface area contributed by atoms with Crippen LogP contribution >= 0.6 is 23.2 Å². The number of nitrogens with zero attached hydrogens (tertiary/aromatic N) is 1. The third kappa shape index (κ3) is 3.71. The maximum absolute atomic E-state index is 12.7. The van der Waals surface area contributed by atoms with E-state index in [-0.39, 0.29) is 20.6 Å². The van der Waals surface area contributed by atoms with Crippen LogP contribution in [0.2, 0.25) is 10.0 Å². The third-order valence-corrected chi connectivity index (χ3v) is 4.97. The first kappa shape index (κ1) is 16.6. The van der Waals surface area contributed by atoms with E-state index in [1.165, 1.54) is 30.3 Å². The molecule has 2 rings (SSSR count). The van der Waals surface area contributed by atoms with Crippen molar-refractivity contribution in [1.82, 2.24) is 0 Å². The summed E-state index contributed by atoms with van der Waals surface area (Å²) < 4.78 is 26.1. The molecule has 0 atom stereocenters. The van der Waals surface area contributed by atoms with Gasteiger partial charge in [0.2, 0.25) is 0 Å². The fourth-order valence-electron chi connectivity index (χ4n) is 1.84. The minimum Gasteiger partial charge on any atom is -0.480 e. The highest BCUT2D eigenvalue weighted by Crippen LogP contribution is 2.29. The maximum Gasteiger partial charge on any atom is 0.324 e. The summed E-state index contributed by atoms with van der Waals surface area (Å²) in [6.45, 7) is -0.742. The second-order valence-corrected chi connectivity index (χ2v) is 7.08. The van der Waals surface area contributed by atoms with Crippen LogP contribution in [0.4, 0.5) is 5.69 Å². The van der Waals surface area contributed by atoms with E-state index in [9.17, 15) is 13.2 Å². The molecule has 2 aromatic rings. The van der Waals surface area contributed by atoms with E-state index in [4.69, 9.17) is 28.3 Å². The zero-order valence-corrected chi connectivity index (χ0v) is 13.4. The highest BCUT2D eigenvalue weighted by Gasteiger charge is 2.27. The average Bonchev–Trinajstić information content (AvgIpc) is 2.44. The first-order valence-corrected chi connectivity index (χ1v) is 8.26. The molecule has 0 heterocycles. The van der Waals surface area contributed by atoms with Crippen molar-refractivity contribution in [2.45, 2.75) is 4.90 Å². The van der Waals surface area contributed by atoms with Gasteiger partial charge in [0.05, 0.1) is 10.6 Å². The van der Waals surface area contributed by atoms with E-state index in [1.807, 2.05) is 0 Å². The van der Waals surface area contributed by atoms with E-state index in [1.54, 1.807) is 18.2 Å². The molecule has 0 spiro atoms. The molecule has 0 saturated carbocycles. The second-order valence-electron chi connectivity index (χ2n) is 4.35. The molecule has 8 heteroatoms. The molecule has 5 nitrogen and oxygen atoms in total. The van der Waals surface area contributed by atoms with Gasteiger partial charge in [-0.15, -0.1) is 0 Å². The molecule has 0 aliphatic heterocycles. The van der Waals surface area contributed by atoms with Gasteiger partial charge in [0, 0.05) is 10.0 Å². The van der Waals surface area contributed by atoms with Crippen LogP contribution in [0.5, 0.6) is 0 Å². The van der Waals surface area contributed by atoms with Crippen LogP contribution in [-0.4, -0.2) is 26.0 Å². The van der Waals surface area contributed by atoms with Crippen LogP contribution in [0.15, 0.2) is 53.4 Å². The van der Waals surface area contributed by atoms with Crippen molar-refractivity contribution in [3.63, 3.8) is 0 Å². The Morgan fingerprint density at radius 2 is 1.59 bits per heavy atom. The van der Waals surface area contributed by atoms with Crippen molar-refractivity contribution in [3.8, 4) is 0 Å². The van der Waals surface area contributed by atoms with Gasteiger partial charge in [-0.2, -0.15) is 0 Å². The summed E-state index contributed by atoms with van der Waals surface area (Å²) in [5.41, 5.74) is 0.0868. The largest absolute Gasteiger partial charge is 0.480 e. The molecule has 1 N–H and O–H groups in total. The van der Waals surface area contributed by atoms with Gasteiger partial charge >= 0.3 is 5.97 Å². The van der Waals surface area contributed by atoms with Gasteiger partial charge in [-0.05, 0) is 30.3 Å². The lowest BCUT2D eigenvalue weighted by atomic mass is 10.3. The Morgan fingerprint density at radius 3 is 2.09 bits per heavy atom. The van der Waals surface area contributed by atoms with Crippen molar-refractivity contribution >= 4 is 44.9 Å². The van der Waals surface area contributed by atoms with Gasteiger partial charge < -0.3 is 5.11 Å². The fourth-order valence-corrected chi connectivity index (χ4v) is 3.77. The number of hydrogen-bond acceptors (Lipinski definition) is 3. The Bertz CT molecular complexity index is 773. The van der Waals surface area contributed by atoms with E-state index < -0.39 is 22.5 Å². The molecule has 0 saturated heterocycles. The molecular formula is C14H11Cl2NO4S. The van der Waals surface area contributed by atoms with Crippen LogP contribution in [0, 0.1) is 0 Å². The molecule has 0 aromatic heterocycles. The molecule has 0 bridgehead atoms. The number of halogens is 2. The topological polar surface area (TPSA) is 74.7 Å². The Balaban J connectivity index is 2.58. The molecule has 2 aromatic carbocycles. The van der Waals surface area contributed by atoms with Gasteiger partial charge in [-0.1, -0.05) is 41.4 Å². The Hall–Kier alpha value is -1.76. The Morgan fingerprint density at radius 1 is 1.05 bits per heavy atom. The lowest BCUT2D eigenvalue weighted by Crippen LogP contribution is -2.35. The first-order chi connectivity index (χ1) is 10.3. The molecule has 0 radical (unpaired) electrons. The zero-order valence-electron chi connectivity index (χ0n) is 11.1. The number of rotatable bonds is 5. The van der Waals surface area contributed by atoms with Crippen molar-refractivity contribution in [2.75, 3.05) is 10.8 Å². The smallest absolute Gasteiger partial charge is 0.324 e. The van der Waals surface area contributed by atoms with Gasteiger partial charge in [0.15, 0.2) is 0 Å². The number of carboxylic acids is 1. The average molecular weight is 360 g/mol. The van der Waals surface area contributed by atoms with Crippen LogP contribution in [0.1, 0.15) is 0 Å². The molecule has 0 amide bonds.